The van der Waals surface area contributed by atoms with Crippen LogP contribution >= 0.6 is 0 Å². The molecule has 0 spiro atoms. The van der Waals surface area contributed by atoms with E-state index in [0.29, 0.717) is 6.04 Å². The van der Waals surface area contributed by atoms with Crippen molar-refractivity contribution >= 4 is 5.91 Å². The molecule has 0 saturated heterocycles. The van der Waals surface area contributed by atoms with E-state index in [0.717, 1.165) is 12.8 Å². The lowest BCUT2D eigenvalue weighted by atomic mass is 9.81. The number of allylic oxidation sites excluding steroid dienone is 4. The SMILES string of the molecule is CCCC1=C(C)CCC(CC(C)C(=O)NC2CCCCC2)=C1C. The number of carbonyl (C=O) groups is 1. The van der Waals surface area contributed by atoms with E-state index in [1.807, 2.05) is 0 Å². The summed E-state index contributed by atoms with van der Waals surface area (Å²) in [6, 6.07) is 0.429. The Bertz CT molecular complexity index is 480. The minimum atomic E-state index is 0.100. The van der Waals surface area contributed by atoms with Gasteiger partial charge in [0.05, 0.1) is 0 Å². The molecule has 1 atom stereocenters. The van der Waals surface area contributed by atoms with Gasteiger partial charge in [-0.2, -0.15) is 0 Å². The molecular weight excluding hydrogens is 282 g/mol. The molecule has 2 heteroatoms. The monoisotopic (exact) mass is 317 g/mol. The average molecular weight is 318 g/mol. The maximum absolute atomic E-state index is 12.5. The van der Waals surface area contributed by atoms with Gasteiger partial charge in [-0.3, -0.25) is 4.79 Å². The van der Waals surface area contributed by atoms with Crippen LogP contribution in [0.2, 0.25) is 0 Å². The van der Waals surface area contributed by atoms with Crippen LogP contribution in [0, 0.1) is 5.92 Å². The maximum Gasteiger partial charge on any atom is 0.223 e. The zero-order chi connectivity index (χ0) is 16.8. The summed E-state index contributed by atoms with van der Waals surface area (Å²) in [5.41, 5.74) is 6.12. The van der Waals surface area contributed by atoms with Crippen molar-refractivity contribution in [2.75, 3.05) is 0 Å². The third-order valence-electron chi connectivity index (χ3n) is 5.75. The van der Waals surface area contributed by atoms with E-state index in [1.165, 1.54) is 62.5 Å². The van der Waals surface area contributed by atoms with Crippen molar-refractivity contribution in [1.82, 2.24) is 5.32 Å². The second-order valence-corrected chi connectivity index (χ2v) is 7.69. The molecule has 0 radical (unpaired) electrons. The van der Waals surface area contributed by atoms with E-state index in [-0.39, 0.29) is 11.8 Å². The highest BCUT2D eigenvalue weighted by Crippen LogP contribution is 2.35. The first-order valence-electron chi connectivity index (χ1n) is 9.70. The van der Waals surface area contributed by atoms with Gasteiger partial charge in [0, 0.05) is 12.0 Å². The number of rotatable bonds is 6. The number of hydrogen-bond donors (Lipinski definition) is 1. The molecule has 0 bridgehead atoms. The normalized spacial score (nSPS) is 21.6. The van der Waals surface area contributed by atoms with Crippen molar-refractivity contribution in [3.05, 3.63) is 22.3 Å². The van der Waals surface area contributed by atoms with Crippen molar-refractivity contribution in [3.63, 3.8) is 0 Å². The first-order valence-corrected chi connectivity index (χ1v) is 9.70. The van der Waals surface area contributed by atoms with Crippen LogP contribution < -0.4 is 5.32 Å². The van der Waals surface area contributed by atoms with Gasteiger partial charge in [-0.15, -0.1) is 0 Å². The summed E-state index contributed by atoms with van der Waals surface area (Å²) in [7, 11) is 0. The van der Waals surface area contributed by atoms with Gasteiger partial charge in [-0.05, 0) is 63.5 Å². The Balaban J connectivity index is 1.95. The number of hydrogen-bond acceptors (Lipinski definition) is 1. The van der Waals surface area contributed by atoms with E-state index < -0.39 is 0 Å². The molecule has 0 aromatic heterocycles. The summed E-state index contributed by atoms with van der Waals surface area (Å²) in [6.07, 6.45) is 11.9. The molecule has 2 rings (SSSR count). The first kappa shape index (κ1) is 18.3. The van der Waals surface area contributed by atoms with Gasteiger partial charge in [0.15, 0.2) is 0 Å². The van der Waals surface area contributed by atoms with E-state index in [4.69, 9.17) is 0 Å². The zero-order valence-corrected chi connectivity index (χ0v) is 15.6. The molecular formula is C21H35NO. The van der Waals surface area contributed by atoms with Crippen LogP contribution in [0.25, 0.3) is 0 Å². The molecule has 1 N–H and O–H groups in total. The van der Waals surface area contributed by atoms with E-state index in [1.54, 1.807) is 11.1 Å². The van der Waals surface area contributed by atoms with Gasteiger partial charge in [0.2, 0.25) is 5.91 Å². The zero-order valence-electron chi connectivity index (χ0n) is 15.6. The van der Waals surface area contributed by atoms with Crippen LogP contribution in [-0.4, -0.2) is 11.9 Å². The predicted octanol–water partition coefficient (Wildman–Crippen LogP) is 5.69. The Kier molecular flexibility index (Phi) is 6.92. The number of carbonyl (C=O) groups excluding carboxylic acids is 1. The fraction of sp³-hybridized carbons (Fsp3) is 0.762. The maximum atomic E-state index is 12.5. The van der Waals surface area contributed by atoms with Gasteiger partial charge >= 0.3 is 0 Å². The van der Waals surface area contributed by atoms with Crippen molar-refractivity contribution < 1.29 is 4.79 Å². The van der Waals surface area contributed by atoms with Crippen LogP contribution in [0.5, 0.6) is 0 Å². The van der Waals surface area contributed by atoms with Crippen molar-refractivity contribution in [2.24, 2.45) is 5.92 Å². The lowest BCUT2D eigenvalue weighted by molar-refractivity contribution is -0.125. The molecule has 1 unspecified atom stereocenters. The molecule has 2 nitrogen and oxygen atoms in total. The van der Waals surface area contributed by atoms with Gasteiger partial charge < -0.3 is 5.32 Å². The molecule has 1 amide bonds. The first-order chi connectivity index (χ1) is 11.0. The molecule has 1 fully saturated rings. The Morgan fingerprint density at radius 1 is 1.17 bits per heavy atom. The smallest absolute Gasteiger partial charge is 0.223 e. The fourth-order valence-corrected chi connectivity index (χ4v) is 4.17. The molecule has 1 saturated carbocycles. The largest absolute Gasteiger partial charge is 0.353 e. The molecule has 2 aliphatic carbocycles. The summed E-state index contributed by atoms with van der Waals surface area (Å²) in [4.78, 5) is 12.5. The topological polar surface area (TPSA) is 29.1 Å². The average Bonchev–Trinajstić information content (AvgIpc) is 2.55. The van der Waals surface area contributed by atoms with Crippen molar-refractivity contribution in [3.8, 4) is 0 Å². The third-order valence-corrected chi connectivity index (χ3v) is 5.75. The molecule has 0 heterocycles. The highest BCUT2D eigenvalue weighted by Gasteiger charge is 2.23. The second kappa shape index (κ2) is 8.70. The molecule has 0 aromatic rings. The van der Waals surface area contributed by atoms with Crippen molar-refractivity contribution in [1.29, 1.82) is 0 Å². The highest BCUT2D eigenvalue weighted by molar-refractivity contribution is 5.79. The quantitative estimate of drug-likeness (QED) is 0.670. The third kappa shape index (κ3) is 4.96. The summed E-state index contributed by atoms with van der Waals surface area (Å²) in [6.45, 7) is 8.91. The molecule has 0 aliphatic heterocycles. The second-order valence-electron chi connectivity index (χ2n) is 7.69. The van der Waals surface area contributed by atoms with Gasteiger partial charge in [-0.1, -0.05) is 50.7 Å². The minimum absolute atomic E-state index is 0.100. The lowest BCUT2D eigenvalue weighted by Crippen LogP contribution is -2.39. The number of nitrogens with one attached hydrogen (secondary N) is 1. The van der Waals surface area contributed by atoms with Crippen LogP contribution in [0.4, 0.5) is 0 Å². The molecule has 0 aromatic carbocycles. The molecule has 23 heavy (non-hydrogen) atoms. The summed E-state index contributed by atoms with van der Waals surface area (Å²) in [5, 5.41) is 3.29. The lowest BCUT2D eigenvalue weighted by Gasteiger charge is -2.27. The summed E-state index contributed by atoms with van der Waals surface area (Å²) < 4.78 is 0. The Morgan fingerprint density at radius 3 is 2.52 bits per heavy atom. The number of amides is 1. The van der Waals surface area contributed by atoms with E-state index >= 15 is 0 Å². The van der Waals surface area contributed by atoms with E-state index in [2.05, 4.69) is 33.0 Å². The Labute approximate surface area is 142 Å². The minimum Gasteiger partial charge on any atom is -0.353 e. The molecule has 130 valence electrons. The van der Waals surface area contributed by atoms with Gasteiger partial charge in [0.1, 0.15) is 0 Å². The molecule has 2 aliphatic rings. The standard InChI is InChI=1S/C21H35NO/c1-5-9-20-15(2)12-13-18(17(20)4)14-16(3)21(23)22-19-10-7-6-8-11-19/h16,19H,5-14H2,1-4H3,(H,22,23). The van der Waals surface area contributed by atoms with Crippen molar-refractivity contribution in [2.45, 2.75) is 97.9 Å². The van der Waals surface area contributed by atoms with Gasteiger partial charge in [0.25, 0.3) is 0 Å². The fourth-order valence-electron chi connectivity index (χ4n) is 4.17. The Hall–Kier alpha value is -1.05. The Morgan fingerprint density at radius 2 is 1.87 bits per heavy atom. The van der Waals surface area contributed by atoms with Crippen LogP contribution in [0.1, 0.15) is 91.9 Å². The van der Waals surface area contributed by atoms with Gasteiger partial charge in [-0.25, -0.2) is 0 Å². The summed E-state index contributed by atoms with van der Waals surface area (Å²) in [5.74, 6) is 0.365. The predicted molar refractivity (Wildman–Crippen MR) is 98.3 cm³/mol. The highest BCUT2D eigenvalue weighted by atomic mass is 16.1. The van der Waals surface area contributed by atoms with E-state index in [9.17, 15) is 4.79 Å². The summed E-state index contributed by atoms with van der Waals surface area (Å²) >= 11 is 0. The van der Waals surface area contributed by atoms with Crippen LogP contribution in [0.3, 0.4) is 0 Å². The van der Waals surface area contributed by atoms with Crippen LogP contribution in [0.15, 0.2) is 22.3 Å². The van der Waals surface area contributed by atoms with Crippen LogP contribution in [-0.2, 0) is 4.79 Å².